The Hall–Kier alpha value is -2.11. The lowest BCUT2D eigenvalue weighted by Gasteiger charge is -2.23. The third-order valence-corrected chi connectivity index (χ3v) is 5.96. The smallest absolute Gasteiger partial charge is 0.226 e. The Labute approximate surface area is 161 Å². The first kappa shape index (κ1) is 17.3. The van der Waals surface area contributed by atoms with Crippen molar-refractivity contribution in [1.29, 1.82) is 0 Å². The van der Waals surface area contributed by atoms with E-state index in [1.807, 2.05) is 35.2 Å². The molecule has 2 aromatic carbocycles. The number of amides is 1. The van der Waals surface area contributed by atoms with Crippen LogP contribution in [0.15, 0.2) is 48.5 Å². The molecule has 6 heteroatoms. The van der Waals surface area contributed by atoms with Crippen LogP contribution in [0.2, 0.25) is 5.02 Å². The zero-order chi connectivity index (χ0) is 17.9. The van der Waals surface area contributed by atoms with Crippen LogP contribution in [0, 0.1) is 0 Å². The van der Waals surface area contributed by atoms with Crippen LogP contribution in [0.25, 0.3) is 10.2 Å². The largest absolute Gasteiger partial charge is 0.493 e. The zero-order valence-electron chi connectivity index (χ0n) is 14.2. The fourth-order valence-electron chi connectivity index (χ4n) is 3.29. The number of hydrogen-bond acceptors (Lipinski definition) is 4. The second-order valence-corrected chi connectivity index (χ2v) is 7.82. The molecule has 0 radical (unpaired) electrons. The number of hydrogen-bond donors (Lipinski definition) is 0. The quantitative estimate of drug-likeness (QED) is 0.613. The van der Waals surface area contributed by atoms with Crippen LogP contribution in [-0.2, 0) is 4.79 Å². The number of para-hydroxylation sites is 1. The van der Waals surface area contributed by atoms with E-state index < -0.39 is 0 Å². The maximum absolute atomic E-state index is 12.7. The summed E-state index contributed by atoms with van der Waals surface area (Å²) < 4.78 is 6.83. The van der Waals surface area contributed by atoms with E-state index in [0.717, 1.165) is 35.7 Å². The van der Waals surface area contributed by atoms with Gasteiger partial charge in [-0.25, -0.2) is 4.98 Å². The van der Waals surface area contributed by atoms with Gasteiger partial charge in [0.05, 0.1) is 29.3 Å². The highest BCUT2D eigenvalue weighted by Crippen LogP contribution is 2.36. The number of thiazole rings is 1. The molecule has 134 valence electrons. The average Bonchev–Trinajstić information content (AvgIpc) is 3.29. The molecule has 1 aliphatic heterocycles. The summed E-state index contributed by atoms with van der Waals surface area (Å²) in [6, 6.07) is 15.4. The summed E-state index contributed by atoms with van der Waals surface area (Å²) in [5.74, 6) is 0.854. The highest BCUT2D eigenvalue weighted by molar-refractivity contribution is 7.18. The van der Waals surface area contributed by atoms with E-state index in [2.05, 4.69) is 6.07 Å². The van der Waals surface area contributed by atoms with E-state index in [9.17, 15) is 4.79 Å². The van der Waals surface area contributed by atoms with Gasteiger partial charge in [-0.05, 0) is 49.2 Å². The summed E-state index contributed by atoms with van der Waals surface area (Å²) in [6.45, 7) is 1.16. The molecular formula is C20H19ClN2O2S. The van der Waals surface area contributed by atoms with Crippen LogP contribution in [0.5, 0.6) is 5.75 Å². The summed E-state index contributed by atoms with van der Waals surface area (Å²) in [5, 5.41) is 1.71. The number of benzene rings is 2. The van der Waals surface area contributed by atoms with Crippen molar-refractivity contribution in [1.82, 2.24) is 9.88 Å². The van der Waals surface area contributed by atoms with Crippen molar-refractivity contribution in [3.63, 3.8) is 0 Å². The van der Waals surface area contributed by atoms with E-state index in [-0.39, 0.29) is 11.9 Å². The molecular weight excluding hydrogens is 368 g/mol. The van der Waals surface area contributed by atoms with Crippen LogP contribution >= 0.6 is 22.9 Å². The van der Waals surface area contributed by atoms with E-state index in [0.29, 0.717) is 18.1 Å². The van der Waals surface area contributed by atoms with Gasteiger partial charge in [-0.2, -0.15) is 0 Å². The minimum absolute atomic E-state index is 0.0930. The Kier molecular flexibility index (Phi) is 5.09. The summed E-state index contributed by atoms with van der Waals surface area (Å²) in [4.78, 5) is 19.4. The molecule has 0 saturated carbocycles. The van der Waals surface area contributed by atoms with Gasteiger partial charge in [0, 0.05) is 11.6 Å². The molecule has 1 amide bonds. The summed E-state index contributed by atoms with van der Waals surface area (Å²) >= 11 is 7.55. The SMILES string of the molecule is O=C(CCOc1ccc(Cl)cc1)N1CCCC1c1nc2ccccc2s1. The van der Waals surface area contributed by atoms with Gasteiger partial charge >= 0.3 is 0 Å². The van der Waals surface area contributed by atoms with Gasteiger partial charge in [0.25, 0.3) is 0 Å². The van der Waals surface area contributed by atoms with E-state index >= 15 is 0 Å². The topological polar surface area (TPSA) is 42.4 Å². The van der Waals surface area contributed by atoms with Crippen molar-refractivity contribution >= 4 is 39.1 Å². The predicted molar refractivity (Wildman–Crippen MR) is 105 cm³/mol. The van der Waals surface area contributed by atoms with Gasteiger partial charge < -0.3 is 9.64 Å². The summed E-state index contributed by atoms with van der Waals surface area (Å²) in [7, 11) is 0. The van der Waals surface area contributed by atoms with E-state index in [1.165, 1.54) is 4.70 Å². The van der Waals surface area contributed by atoms with E-state index in [4.69, 9.17) is 21.3 Å². The number of fused-ring (bicyclic) bond motifs is 1. The number of carbonyl (C=O) groups excluding carboxylic acids is 1. The number of nitrogens with zero attached hydrogens (tertiary/aromatic N) is 2. The molecule has 0 bridgehead atoms. The Balaban J connectivity index is 1.39. The second-order valence-electron chi connectivity index (χ2n) is 6.32. The van der Waals surface area contributed by atoms with Gasteiger partial charge in [0.2, 0.25) is 5.91 Å². The minimum atomic E-state index is 0.0930. The Morgan fingerprint density at radius 3 is 2.85 bits per heavy atom. The third kappa shape index (κ3) is 3.69. The molecule has 1 aromatic heterocycles. The number of ether oxygens (including phenoxy) is 1. The number of rotatable bonds is 5. The molecule has 1 aliphatic rings. The molecule has 1 fully saturated rings. The van der Waals surface area contributed by atoms with Crippen molar-refractivity contribution < 1.29 is 9.53 Å². The van der Waals surface area contributed by atoms with Crippen LogP contribution in [-0.4, -0.2) is 28.9 Å². The van der Waals surface area contributed by atoms with Crippen molar-refractivity contribution in [2.45, 2.75) is 25.3 Å². The zero-order valence-corrected chi connectivity index (χ0v) is 15.8. The first-order chi connectivity index (χ1) is 12.7. The molecule has 3 aromatic rings. The molecule has 26 heavy (non-hydrogen) atoms. The number of aromatic nitrogens is 1. The van der Waals surface area contributed by atoms with Crippen molar-refractivity contribution in [3.8, 4) is 5.75 Å². The first-order valence-electron chi connectivity index (χ1n) is 8.74. The van der Waals surface area contributed by atoms with Crippen LogP contribution < -0.4 is 4.74 Å². The number of likely N-dealkylation sites (tertiary alicyclic amines) is 1. The van der Waals surface area contributed by atoms with Crippen molar-refractivity contribution in [2.24, 2.45) is 0 Å². The number of carbonyl (C=O) groups is 1. The van der Waals surface area contributed by atoms with Gasteiger partial charge in [-0.15, -0.1) is 11.3 Å². The molecule has 0 aliphatic carbocycles. The van der Waals surface area contributed by atoms with Crippen molar-refractivity contribution in [2.75, 3.05) is 13.2 Å². The molecule has 2 heterocycles. The second kappa shape index (κ2) is 7.64. The van der Waals surface area contributed by atoms with Crippen LogP contribution in [0.1, 0.15) is 30.3 Å². The van der Waals surface area contributed by atoms with Gasteiger partial charge in [0.15, 0.2) is 0 Å². The summed E-state index contributed by atoms with van der Waals surface area (Å²) in [5.41, 5.74) is 1.01. The highest BCUT2D eigenvalue weighted by atomic mass is 35.5. The normalized spacial score (nSPS) is 17.0. The average molecular weight is 387 g/mol. The van der Waals surface area contributed by atoms with Gasteiger partial charge in [-0.3, -0.25) is 4.79 Å². The molecule has 1 unspecified atom stereocenters. The minimum Gasteiger partial charge on any atom is -0.493 e. The van der Waals surface area contributed by atoms with Crippen molar-refractivity contribution in [3.05, 3.63) is 58.6 Å². The third-order valence-electron chi connectivity index (χ3n) is 4.57. The predicted octanol–water partition coefficient (Wildman–Crippen LogP) is 5.08. The fraction of sp³-hybridized carbons (Fsp3) is 0.300. The van der Waals surface area contributed by atoms with Crippen LogP contribution in [0.4, 0.5) is 0 Å². The molecule has 0 N–H and O–H groups in total. The maximum Gasteiger partial charge on any atom is 0.226 e. The maximum atomic E-state index is 12.7. The first-order valence-corrected chi connectivity index (χ1v) is 9.93. The molecule has 0 spiro atoms. The van der Waals surface area contributed by atoms with Gasteiger partial charge in [-0.1, -0.05) is 23.7 Å². The Morgan fingerprint density at radius 2 is 2.04 bits per heavy atom. The number of halogens is 1. The fourth-order valence-corrected chi connectivity index (χ4v) is 4.53. The van der Waals surface area contributed by atoms with Crippen LogP contribution in [0.3, 0.4) is 0 Å². The molecule has 1 atom stereocenters. The monoisotopic (exact) mass is 386 g/mol. The van der Waals surface area contributed by atoms with E-state index in [1.54, 1.807) is 23.5 Å². The molecule has 4 nitrogen and oxygen atoms in total. The lowest BCUT2D eigenvalue weighted by atomic mass is 10.2. The molecule has 4 rings (SSSR count). The molecule has 1 saturated heterocycles. The lowest BCUT2D eigenvalue weighted by Crippen LogP contribution is -2.31. The van der Waals surface area contributed by atoms with Gasteiger partial charge in [0.1, 0.15) is 10.8 Å². The lowest BCUT2D eigenvalue weighted by molar-refractivity contribution is -0.132. The Bertz CT molecular complexity index is 877. The standard InChI is InChI=1S/C20H19ClN2O2S/c21-14-7-9-15(10-8-14)25-13-11-19(24)23-12-3-5-17(23)20-22-16-4-1-2-6-18(16)26-20/h1-2,4,6-10,17H,3,5,11-13H2. The highest BCUT2D eigenvalue weighted by Gasteiger charge is 2.31. The Morgan fingerprint density at radius 1 is 1.23 bits per heavy atom. The summed E-state index contributed by atoms with van der Waals surface area (Å²) in [6.07, 6.45) is 2.36.